The second kappa shape index (κ2) is 8.06. The molecule has 2 N–H and O–H groups in total. The molecule has 0 spiro atoms. The average molecular weight is 279 g/mol. The van der Waals surface area contributed by atoms with Crippen LogP contribution < -0.4 is 10.0 Å². The SMILES string of the molecule is COCCNCCNS(=O)(=O)N1CCCCC1C. The Hall–Kier alpha value is -0.210. The molecule has 1 atom stereocenters. The zero-order valence-electron chi connectivity index (χ0n) is 11.3. The van der Waals surface area contributed by atoms with Crippen molar-refractivity contribution in [3.8, 4) is 0 Å². The summed E-state index contributed by atoms with van der Waals surface area (Å²) in [5.74, 6) is 0. The molecule has 18 heavy (non-hydrogen) atoms. The third kappa shape index (κ3) is 5.19. The molecule has 1 fully saturated rings. The van der Waals surface area contributed by atoms with Crippen LogP contribution in [0.4, 0.5) is 0 Å². The molecule has 0 aliphatic carbocycles. The number of methoxy groups -OCH3 is 1. The maximum Gasteiger partial charge on any atom is 0.279 e. The summed E-state index contributed by atoms with van der Waals surface area (Å²) in [5, 5.41) is 3.10. The van der Waals surface area contributed by atoms with Crippen LogP contribution in [-0.2, 0) is 14.9 Å². The Morgan fingerprint density at radius 3 is 2.72 bits per heavy atom. The maximum absolute atomic E-state index is 12.0. The van der Waals surface area contributed by atoms with E-state index in [1.54, 1.807) is 11.4 Å². The Morgan fingerprint density at radius 1 is 1.28 bits per heavy atom. The summed E-state index contributed by atoms with van der Waals surface area (Å²) >= 11 is 0. The van der Waals surface area contributed by atoms with Crippen LogP contribution >= 0.6 is 0 Å². The van der Waals surface area contributed by atoms with E-state index in [0.717, 1.165) is 25.8 Å². The number of hydrogen-bond acceptors (Lipinski definition) is 4. The molecule has 0 aromatic heterocycles. The highest BCUT2D eigenvalue weighted by atomic mass is 32.2. The van der Waals surface area contributed by atoms with Gasteiger partial charge >= 0.3 is 0 Å². The zero-order valence-corrected chi connectivity index (χ0v) is 12.1. The molecule has 1 unspecified atom stereocenters. The first kappa shape index (κ1) is 15.8. The summed E-state index contributed by atoms with van der Waals surface area (Å²) in [6, 6.07) is 0.109. The van der Waals surface area contributed by atoms with Crippen LogP contribution in [0.5, 0.6) is 0 Å². The second-order valence-electron chi connectivity index (χ2n) is 4.60. The van der Waals surface area contributed by atoms with Crippen LogP contribution in [-0.4, -0.2) is 58.7 Å². The van der Waals surface area contributed by atoms with Crippen molar-refractivity contribution >= 4 is 10.2 Å². The largest absolute Gasteiger partial charge is 0.383 e. The molecule has 0 saturated carbocycles. The molecule has 108 valence electrons. The van der Waals surface area contributed by atoms with Crippen LogP contribution in [0, 0.1) is 0 Å². The van der Waals surface area contributed by atoms with Gasteiger partial charge in [0.25, 0.3) is 10.2 Å². The first-order valence-electron chi connectivity index (χ1n) is 6.54. The lowest BCUT2D eigenvalue weighted by Gasteiger charge is -2.32. The second-order valence-corrected chi connectivity index (χ2v) is 6.31. The smallest absolute Gasteiger partial charge is 0.279 e. The third-order valence-electron chi connectivity index (χ3n) is 3.12. The highest BCUT2D eigenvalue weighted by Crippen LogP contribution is 2.18. The van der Waals surface area contributed by atoms with Crippen LogP contribution in [0.15, 0.2) is 0 Å². The number of ether oxygens (including phenoxy) is 1. The van der Waals surface area contributed by atoms with Gasteiger partial charge in [-0.25, -0.2) is 4.72 Å². The van der Waals surface area contributed by atoms with E-state index in [9.17, 15) is 8.42 Å². The Morgan fingerprint density at radius 2 is 2.06 bits per heavy atom. The van der Waals surface area contributed by atoms with E-state index in [1.807, 2.05) is 6.92 Å². The number of piperidine rings is 1. The molecular formula is C11H25N3O3S. The van der Waals surface area contributed by atoms with Gasteiger partial charge in [-0.1, -0.05) is 6.42 Å². The van der Waals surface area contributed by atoms with Crippen molar-refractivity contribution in [1.29, 1.82) is 0 Å². The molecule has 1 heterocycles. The summed E-state index contributed by atoms with van der Waals surface area (Å²) in [5.41, 5.74) is 0. The normalized spacial score (nSPS) is 22.2. The number of nitrogens with zero attached hydrogens (tertiary/aromatic N) is 1. The number of hydrogen-bond donors (Lipinski definition) is 2. The molecule has 1 aliphatic heterocycles. The monoisotopic (exact) mass is 279 g/mol. The predicted octanol–water partition coefficient (Wildman–Crippen LogP) is -0.0688. The molecule has 7 heteroatoms. The lowest BCUT2D eigenvalue weighted by molar-refractivity contribution is 0.199. The van der Waals surface area contributed by atoms with Gasteiger partial charge in [-0.15, -0.1) is 0 Å². The van der Waals surface area contributed by atoms with Crippen molar-refractivity contribution in [2.75, 3.05) is 39.9 Å². The minimum Gasteiger partial charge on any atom is -0.383 e. The molecule has 0 radical (unpaired) electrons. The van der Waals surface area contributed by atoms with E-state index < -0.39 is 10.2 Å². The average Bonchev–Trinajstić information content (AvgIpc) is 2.34. The summed E-state index contributed by atoms with van der Waals surface area (Å²) in [4.78, 5) is 0. The fraction of sp³-hybridized carbons (Fsp3) is 1.00. The van der Waals surface area contributed by atoms with E-state index in [-0.39, 0.29) is 6.04 Å². The Bertz CT molecular complexity index is 321. The first-order chi connectivity index (χ1) is 8.58. The van der Waals surface area contributed by atoms with Gasteiger partial charge in [0, 0.05) is 39.3 Å². The summed E-state index contributed by atoms with van der Waals surface area (Å²) < 4.78 is 33.2. The van der Waals surface area contributed by atoms with Gasteiger partial charge in [-0.05, 0) is 19.8 Å². The minimum atomic E-state index is -3.31. The molecule has 6 nitrogen and oxygen atoms in total. The van der Waals surface area contributed by atoms with Gasteiger partial charge in [0.2, 0.25) is 0 Å². The molecule has 1 saturated heterocycles. The van der Waals surface area contributed by atoms with Crippen LogP contribution in [0.1, 0.15) is 26.2 Å². The quantitative estimate of drug-likeness (QED) is 0.610. The standard InChI is InChI=1S/C11H25N3O3S/c1-11-5-3-4-9-14(11)18(15,16)13-7-6-12-8-10-17-2/h11-13H,3-10H2,1-2H3. The fourth-order valence-corrected chi connectivity index (χ4v) is 3.55. The van der Waals surface area contributed by atoms with E-state index >= 15 is 0 Å². The van der Waals surface area contributed by atoms with Crippen molar-refractivity contribution in [3.63, 3.8) is 0 Å². The highest BCUT2D eigenvalue weighted by Gasteiger charge is 2.28. The van der Waals surface area contributed by atoms with Crippen molar-refractivity contribution in [3.05, 3.63) is 0 Å². The molecule has 0 bridgehead atoms. The fourth-order valence-electron chi connectivity index (χ4n) is 2.08. The highest BCUT2D eigenvalue weighted by molar-refractivity contribution is 7.87. The van der Waals surface area contributed by atoms with Gasteiger partial charge in [-0.2, -0.15) is 12.7 Å². The Labute approximate surface area is 110 Å². The summed E-state index contributed by atoms with van der Waals surface area (Å²) in [6.07, 6.45) is 3.02. The van der Waals surface area contributed by atoms with Crippen molar-refractivity contribution in [2.45, 2.75) is 32.2 Å². The molecule has 1 aliphatic rings. The molecular weight excluding hydrogens is 254 g/mol. The predicted molar refractivity (Wildman–Crippen MR) is 71.7 cm³/mol. The summed E-state index contributed by atoms with van der Waals surface area (Å²) in [7, 11) is -1.67. The Kier molecular flexibility index (Phi) is 7.10. The van der Waals surface area contributed by atoms with Crippen molar-refractivity contribution in [2.24, 2.45) is 0 Å². The van der Waals surface area contributed by atoms with E-state index in [1.165, 1.54) is 0 Å². The molecule has 1 rings (SSSR count). The van der Waals surface area contributed by atoms with E-state index in [2.05, 4.69) is 10.0 Å². The number of rotatable bonds is 8. The van der Waals surface area contributed by atoms with Gasteiger partial charge in [-0.3, -0.25) is 0 Å². The van der Waals surface area contributed by atoms with Gasteiger partial charge in [0.15, 0.2) is 0 Å². The van der Waals surface area contributed by atoms with E-state index in [0.29, 0.717) is 26.2 Å². The van der Waals surface area contributed by atoms with Crippen molar-refractivity contribution < 1.29 is 13.2 Å². The van der Waals surface area contributed by atoms with Crippen LogP contribution in [0.3, 0.4) is 0 Å². The lowest BCUT2D eigenvalue weighted by atomic mass is 10.1. The third-order valence-corrected chi connectivity index (χ3v) is 4.85. The van der Waals surface area contributed by atoms with Gasteiger partial charge in [0.1, 0.15) is 0 Å². The van der Waals surface area contributed by atoms with Gasteiger partial charge in [0.05, 0.1) is 6.61 Å². The molecule has 0 aromatic rings. The number of nitrogens with one attached hydrogen (secondary N) is 2. The Balaban J connectivity index is 2.26. The van der Waals surface area contributed by atoms with Crippen LogP contribution in [0.2, 0.25) is 0 Å². The first-order valence-corrected chi connectivity index (χ1v) is 7.98. The lowest BCUT2D eigenvalue weighted by Crippen LogP contribution is -2.49. The van der Waals surface area contributed by atoms with E-state index in [4.69, 9.17) is 4.74 Å². The zero-order chi connectivity index (χ0) is 13.4. The van der Waals surface area contributed by atoms with Gasteiger partial charge < -0.3 is 10.1 Å². The molecule has 0 aromatic carbocycles. The molecule has 0 amide bonds. The van der Waals surface area contributed by atoms with Crippen molar-refractivity contribution in [1.82, 2.24) is 14.3 Å². The summed E-state index contributed by atoms with van der Waals surface area (Å²) in [6.45, 7) is 5.00. The van der Waals surface area contributed by atoms with Crippen LogP contribution in [0.25, 0.3) is 0 Å². The maximum atomic E-state index is 12.0. The topological polar surface area (TPSA) is 70.7 Å². The minimum absolute atomic E-state index is 0.109.